The molecule has 42 heavy (non-hydrogen) atoms. The van der Waals surface area contributed by atoms with Gasteiger partial charge >= 0.3 is 12.0 Å². The summed E-state index contributed by atoms with van der Waals surface area (Å²) in [6.07, 6.45) is 15.1. The number of nitrogens with zero attached hydrogens (tertiary/aromatic N) is 6. The van der Waals surface area contributed by atoms with Crippen LogP contribution in [0, 0.1) is 11.8 Å². The molecule has 0 aromatic carbocycles. The average Bonchev–Trinajstić information content (AvgIpc) is 3.76. The number of rotatable bonds is 11. The normalized spacial score (nSPS) is 25.4. The summed E-state index contributed by atoms with van der Waals surface area (Å²) in [6.45, 7) is 15.5. The van der Waals surface area contributed by atoms with Crippen LogP contribution in [0.5, 0.6) is 0 Å². The summed E-state index contributed by atoms with van der Waals surface area (Å²) in [6, 6.07) is 0.214. The lowest BCUT2D eigenvalue weighted by atomic mass is 9.80. The Bertz CT molecular complexity index is 1040. The van der Waals surface area contributed by atoms with E-state index in [1.54, 1.807) is 11.8 Å². The zero-order chi connectivity index (χ0) is 30.7. The van der Waals surface area contributed by atoms with Crippen molar-refractivity contribution in [2.24, 2.45) is 26.8 Å². The molecular formula is C33H58N7OS+. The van der Waals surface area contributed by atoms with E-state index in [9.17, 15) is 4.79 Å². The number of guanidine groups is 1. The first-order valence-electron chi connectivity index (χ1n) is 16.3. The van der Waals surface area contributed by atoms with E-state index < -0.39 is 0 Å². The molecule has 1 saturated heterocycles. The highest BCUT2D eigenvalue weighted by atomic mass is 32.2. The molecule has 1 N–H and O–H groups in total. The third kappa shape index (κ3) is 10.5. The molecule has 2 fully saturated rings. The number of nitrogens with one attached hydrogen (secondary N) is 1. The van der Waals surface area contributed by atoms with Crippen LogP contribution in [0.4, 0.5) is 4.79 Å². The molecule has 2 amide bonds. The van der Waals surface area contributed by atoms with Crippen molar-refractivity contribution in [3.63, 3.8) is 0 Å². The van der Waals surface area contributed by atoms with Crippen molar-refractivity contribution < 1.29 is 9.28 Å². The quantitative estimate of drug-likeness (QED) is 0.0960. The molecule has 0 radical (unpaired) electrons. The van der Waals surface area contributed by atoms with Crippen molar-refractivity contribution in [1.82, 2.24) is 15.1 Å². The lowest BCUT2D eigenvalue weighted by Gasteiger charge is -2.35. The number of amidine groups is 1. The number of quaternary nitrogens is 1. The Morgan fingerprint density at radius 1 is 1.24 bits per heavy atom. The Morgan fingerprint density at radius 3 is 2.64 bits per heavy atom. The van der Waals surface area contributed by atoms with Gasteiger partial charge in [0, 0.05) is 44.2 Å². The number of urea groups is 1. The van der Waals surface area contributed by atoms with Gasteiger partial charge in [0.05, 0.1) is 25.1 Å². The number of hydrogen-bond donors (Lipinski definition) is 1. The van der Waals surface area contributed by atoms with Crippen LogP contribution in [0.2, 0.25) is 0 Å². The molecule has 4 atom stereocenters. The predicted molar refractivity (Wildman–Crippen MR) is 182 cm³/mol. The topological polar surface area (TPSA) is 72.7 Å². The van der Waals surface area contributed by atoms with E-state index in [0.717, 1.165) is 79.0 Å². The summed E-state index contributed by atoms with van der Waals surface area (Å²) in [5.41, 5.74) is 1.14. The summed E-state index contributed by atoms with van der Waals surface area (Å²) < 4.78 is 0.790. The van der Waals surface area contributed by atoms with Crippen LogP contribution in [-0.2, 0) is 0 Å². The van der Waals surface area contributed by atoms with Gasteiger partial charge in [-0.15, -0.1) is 11.8 Å². The maximum absolute atomic E-state index is 13.3. The maximum atomic E-state index is 13.3. The first kappa shape index (κ1) is 34.4. The van der Waals surface area contributed by atoms with E-state index >= 15 is 0 Å². The van der Waals surface area contributed by atoms with Crippen molar-refractivity contribution in [2.45, 2.75) is 97.3 Å². The molecule has 2 heterocycles. The van der Waals surface area contributed by atoms with E-state index in [2.05, 4.69) is 65.2 Å². The minimum absolute atomic E-state index is 0.0982. The molecule has 0 spiro atoms. The van der Waals surface area contributed by atoms with Crippen LogP contribution in [0.1, 0.15) is 86.0 Å². The van der Waals surface area contributed by atoms with Gasteiger partial charge in [0.15, 0.2) is 0 Å². The number of carbonyl (C=O) groups is 1. The van der Waals surface area contributed by atoms with Crippen molar-refractivity contribution >= 4 is 34.6 Å². The van der Waals surface area contributed by atoms with Crippen molar-refractivity contribution in [3.05, 3.63) is 23.9 Å². The van der Waals surface area contributed by atoms with Crippen molar-refractivity contribution in [3.8, 4) is 0 Å². The molecule has 1 saturated carbocycles. The minimum Gasteiger partial charge on any atom is -0.327 e. The number of allylic oxidation sites excluding steroid dienone is 1. The molecule has 9 heteroatoms. The van der Waals surface area contributed by atoms with E-state index in [4.69, 9.17) is 15.0 Å². The smallest absolute Gasteiger partial charge is 0.319 e. The lowest BCUT2D eigenvalue weighted by Crippen LogP contribution is -2.45. The number of thioether (sulfide) groups is 1. The first-order valence-corrected chi connectivity index (χ1v) is 17.2. The van der Waals surface area contributed by atoms with E-state index in [1.165, 1.54) is 25.7 Å². The average molecular weight is 601 g/mol. The highest BCUT2D eigenvalue weighted by molar-refractivity contribution is 8.14. The molecule has 0 bridgehead atoms. The second kappa shape index (κ2) is 16.6. The molecule has 3 rings (SSSR count). The van der Waals surface area contributed by atoms with E-state index in [0.29, 0.717) is 23.5 Å². The summed E-state index contributed by atoms with van der Waals surface area (Å²) in [5, 5.41) is 5.22. The summed E-state index contributed by atoms with van der Waals surface area (Å²) in [5.74, 6) is 3.13. The molecular weight excluding hydrogens is 542 g/mol. The Balaban J connectivity index is 1.67. The monoisotopic (exact) mass is 600 g/mol. The van der Waals surface area contributed by atoms with Gasteiger partial charge in [-0.25, -0.2) is 4.79 Å². The summed E-state index contributed by atoms with van der Waals surface area (Å²) in [4.78, 5) is 31.9. The molecule has 1 aliphatic carbocycles. The highest BCUT2D eigenvalue weighted by Gasteiger charge is 2.44. The fraction of sp³-hybridized carbons (Fsp3) is 0.758. The van der Waals surface area contributed by atoms with Crippen LogP contribution in [0.15, 0.2) is 38.9 Å². The largest absolute Gasteiger partial charge is 0.327 e. The second-order valence-electron chi connectivity index (χ2n) is 12.8. The fourth-order valence-corrected chi connectivity index (χ4v) is 6.50. The minimum atomic E-state index is 0.0982. The Hall–Kier alpha value is -2.13. The Kier molecular flexibility index (Phi) is 13.6. The molecule has 4 unspecified atom stereocenters. The van der Waals surface area contributed by atoms with Crippen LogP contribution in [0.25, 0.3) is 0 Å². The van der Waals surface area contributed by atoms with Gasteiger partial charge in [0.1, 0.15) is 18.9 Å². The molecule has 3 aliphatic rings. The number of aliphatic imine (C=N–C) groups is 3. The number of likely N-dealkylation sites (N-methyl/N-ethyl adjacent to an activating group) is 1. The summed E-state index contributed by atoms with van der Waals surface area (Å²) in [7, 11) is 6.14. The number of carbonyl (C=O) groups excluding carboxylic acids is 1. The third-order valence-electron chi connectivity index (χ3n) is 9.02. The van der Waals surface area contributed by atoms with Gasteiger partial charge in [0.2, 0.25) is 0 Å². The second-order valence-corrected chi connectivity index (χ2v) is 14.3. The SMILES string of the molecule is CCCN=C(CC1=NCC=CC(C)S1)N=C(NC(=CCC(C)N(C)C(=O)N(C)CC1CCCCC1C)CC)[N+]1(C)CC1. The predicted octanol–water partition coefficient (Wildman–Crippen LogP) is 6.56. The fourth-order valence-electron chi connectivity index (χ4n) is 5.52. The van der Waals surface area contributed by atoms with Gasteiger partial charge in [-0.2, -0.15) is 4.99 Å². The standard InChI is InChI=1S/C33H58N7OS/c1-9-19-34-30(23-31-35-20-13-15-27(5)42-31)37-32(40(8)21-22-40)36-29(10-2)18-17-26(4)39(7)33(41)38(6)24-28-16-12-11-14-25(28)3/h13,15,18,25-28H,9-12,14,16-17,19-24H2,1-8H3,(H,34,36,37)/q+1. The highest BCUT2D eigenvalue weighted by Crippen LogP contribution is 2.30. The van der Waals surface area contributed by atoms with Gasteiger partial charge in [-0.05, 0) is 51.4 Å². The van der Waals surface area contributed by atoms with Crippen LogP contribution in [-0.4, -0.2) is 102 Å². The first-order chi connectivity index (χ1) is 20.1. The Labute approximate surface area is 260 Å². The van der Waals surface area contributed by atoms with Gasteiger partial charge in [-0.3, -0.25) is 19.8 Å². The van der Waals surface area contributed by atoms with Gasteiger partial charge in [0.25, 0.3) is 0 Å². The molecule has 8 nitrogen and oxygen atoms in total. The van der Waals surface area contributed by atoms with Crippen LogP contribution >= 0.6 is 11.8 Å². The molecule has 0 aromatic rings. The molecule has 236 valence electrons. The van der Waals surface area contributed by atoms with Crippen LogP contribution < -0.4 is 5.32 Å². The van der Waals surface area contributed by atoms with Gasteiger partial charge in [-0.1, -0.05) is 58.3 Å². The van der Waals surface area contributed by atoms with Crippen molar-refractivity contribution in [2.75, 3.05) is 53.9 Å². The zero-order valence-electron chi connectivity index (χ0n) is 27.7. The number of hydrogen-bond acceptors (Lipinski definition) is 4. The Morgan fingerprint density at radius 2 is 1.98 bits per heavy atom. The summed E-state index contributed by atoms with van der Waals surface area (Å²) >= 11 is 1.81. The maximum Gasteiger partial charge on any atom is 0.319 e. The third-order valence-corrected chi connectivity index (χ3v) is 10.1. The van der Waals surface area contributed by atoms with Crippen LogP contribution in [0.3, 0.4) is 0 Å². The van der Waals surface area contributed by atoms with E-state index in [1.807, 2.05) is 23.9 Å². The number of amides is 2. The van der Waals surface area contributed by atoms with Gasteiger partial charge < -0.3 is 9.80 Å². The van der Waals surface area contributed by atoms with E-state index in [-0.39, 0.29) is 12.1 Å². The lowest BCUT2D eigenvalue weighted by molar-refractivity contribution is -0.677. The molecule has 2 aliphatic heterocycles. The van der Waals surface area contributed by atoms with Crippen molar-refractivity contribution in [1.29, 1.82) is 0 Å². The zero-order valence-corrected chi connectivity index (χ0v) is 28.6. The molecule has 0 aromatic heterocycles.